The molecule has 2 unspecified atom stereocenters. The molecule has 0 spiro atoms. The van der Waals surface area contributed by atoms with Crippen LogP contribution in [0.3, 0.4) is 0 Å². The Labute approximate surface area is 104 Å². The monoisotopic (exact) mass is 288 g/mol. The fourth-order valence-corrected chi connectivity index (χ4v) is 2.41. The fraction of sp³-hybridized carbons (Fsp3) is 0.800. The predicted molar refractivity (Wildman–Crippen MR) is 64.4 cm³/mol. The molecule has 0 radical (unpaired) electrons. The maximum absolute atomic E-state index is 5.78. The van der Waals surface area contributed by atoms with E-state index in [-0.39, 0.29) is 12.2 Å². The number of morpholine rings is 1. The minimum atomic E-state index is 0.278. The van der Waals surface area contributed by atoms with Crippen LogP contribution in [0, 0.1) is 0 Å². The zero-order valence-electron chi connectivity index (χ0n) is 9.64. The minimum absolute atomic E-state index is 0.278. The third-order valence-electron chi connectivity index (χ3n) is 2.61. The highest BCUT2D eigenvalue weighted by molar-refractivity contribution is 9.09. The molecule has 0 saturated carbocycles. The SMILES string of the molecule is CC1CN(Cc2cn(C)nn2)CC(CBr)O1. The van der Waals surface area contributed by atoms with E-state index < -0.39 is 0 Å². The summed E-state index contributed by atoms with van der Waals surface area (Å²) in [5.74, 6) is 0. The maximum Gasteiger partial charge on any atom is 0.0967 e. The number of alkyl halides is 1. The first-order valence-electron chi connectivity index (χ1n) is 5.46. The summed E-state index contributed by atoms with van der Waals surface area (Å²) >= 11 is 3.47. The van der Waals surface area contributed by atoms with Crippen molar-refractivity contribution in [3.8, 4) is 0 Å². The lowest BCUT2D eigenvalue weighted by atomic mass is 10.2. The summed E-state index contributed by atoms with van der Waals surface area (Å²) in [4.78, 5) is 2.37. The van der Waals surface area contributed by atoms with Crippen molar-refractivity contribution in [1.82, 2.24) is 19.9 Å². The van der Waals surface area contributed by atoms with E-state index in [0.29, 0.717) is 0 Å². The van der Waals surface area contributed by atoms with Gasteiger partial charge in [-0.1, -0.05) is 21.1 Å². The lowest BCUT2D eigenvalue weighted by molar-refractivity contribution is -0.0680. The van der Waals surface area contributed by atoms with Crippen LogP contribution >= 0.6 is 15.9 Å². The third-order valence-corrected chi connectivity index (χ3v) is 3.33. The van der Waals surface area contributed by atoms with Gasteiger partial charge in [-0.2, -0.15) is 0 Å². The Morgan fingerprint density at radius 3 is 3.00 bits per heavy atom. The second-order valence-corrected chi connectivity index (χ2v) is 4.95. The van der Waals surface area contributed by atoms with E-state index in [9.17, 15) is 0 Å². The molecule has 2 rings (SSSR count). The summed E-state index contributed by atoms with van der Waals surface area (Å²) in [6.07, 6.45) is 2.52. The van der Waals surface area contributed by atoms with Crippen molar-refractivity contribution in [3.63, 3.8) is 0 Å². The molecular formula is C10H17BrN4O. The topological polar surface area (TPSA) is 43.2 Å². The molecule has 1 aromatic rings. The lowest BCUT2D eigenvalue weighted by Gasteiger charge is -2.35. The molecule has 16 heavy (non-hydrogen) atoms. The number of halogens is 1. The minimum Gasteiger partial charge on any atom is -0.372 e. The Morgan fingerprint density at radius 1 is 1.56 bits per heavy atom. The first-order chi connectivity index (χ1) is 7.67. The Hall–Kier alpha value is -0.460. The van der Waals surface area contributed by atoms with Crippen LogP contribution in [0.5, 0.6) is 0 Å². The standard InChI is InChI=1S/C10H17BrN4O/c1-8-4-15(7-10(3-11)16-8)6-9-5-14(2)13-12-9/h5,8,10H,3-4,6-7H2,1-2H3. The summed E-state index contributed by atoms with van der Waals surface area (Å²) in [6, 6.07) is 0. The molecule has 1 aromatic heterocycles. The Morgan fingerprint density at radius 2 is 2.38 bits per heavy atom. The first-order valence-corrected chi connectivity index (χ1v) is 6.58. The average Bonchev–Trinajstić information content (AvgIpc) is 2.63. The molecule has 5 nitrogen and oxygen atoms in total. The fourth-order valence-electron chi connectivity index (χ4n) is 2.05. The van der Waals surface area contributed by atoms with Crippen LogP contribution < -0.4 is 0 Å². The van der Waals surface area contributed by atoms with Crippen LogP contribution in [0.25, 0.3) is 0 Å². The highest BCUT2D eigenvalue weighted by Crippen LogP contribution is 2.14. The summed E-state index contributed by atoms with van der Waals surface area (Å²) in [5.41, 5.74) is 1.02. The van der Waals surface area contributed by atoms with Crippen LogP contribution in [-0.4, -0.2) is 50.5 Å². The smallest absolute Gasteiger partial charge is 0.0967 e. The largest absolute Gasteiger partial charge is 0.372 e. The molecule has 1 aliphatic heterocycles. The van der Waals surface area contributed by atoms with E-state index in [1.54, 1.807) is 4.68 Å². The van der Waals surface area contributed by atoms with Gasteiger partial charge in [0, 0.05) is 38.2 Å². The lowest BCUT2D eigenvalue weighted by Crippen LogP contribution is -2.46. The van der Waals surface area contributed by atoms with E-state index >= 15 is 0 Å². The highest BCUT2D eigenvalue weighted by atomic mass is 79.9. The Balaban J connectivity index is 1.93. The van der Waals surface area contributed by atoms with Gasteiger partial charge in [-0.15, -0.1) is 5.10 Å². The molecular weight excluding hydrogens is 272 g/mol. The van der Waals surface area contributed by atoms with Crippen molar-refractivity contribution < 1.29 is 4.74 Å². The summed E-state index contributed by atoms with van der Waals surface area (Å²) in [7, 11) is 1.89. The van der Waals surface area contributed by atoms with Crippen LogP contribution in [0.15, 0.2) is 6.20 Å². The second-order valence-electron chi connectivity index (χ2n) is 4.30. The number of ether oxygens (including phenoxy) is 1. The predicted octanol–water partition coefficient (Wildman–Crippen LogP) is 0.799. The van der Waals surface area contributed by atoms with Gasteiger partial charge in [-0.05, 0) is 6.92 Å². The van der Waals surface area contributed by atoms with E-state index in [0.717, 1.165) is 30.7 Å². The van der Waals surface area contributed by atoms with Crippen LogP contribution in [-0.2, 0) is 18.3 Å². The number of aromatic nitrogens is 3. The average molecular weight is 289 g/mol. The zero-order valence-corrected chi connectivity index (χ0v) is 11.2. The van der Waals surface area contributed by atoms with Gasteiger partial charge in [-0.3, -0.25) is 9.58 Å². The number of aryl methyl sites for hydroxylation is 1. The second kappa shape index (κ2) is 5.25. The molecule has 6 heteroatoms. The Kier molecular flexibility index (Phi) is 3.94. The van der Waals surface area contributed by atoms with Crippen LogP contribution in [0.4, 0.5) is 0 Å². The van der Waals surface area contributed by atoms with E-state index in [2.05, 4.69) is 38.1 Å². The third kappa shape index (κ3) is 3.02. The number of rotatable bonds is 3. The van der Waals surface area contributed by atoms with Gasteiger partial charge in [0.1, 0.15) is 0 Å². The quantitative estimate of drug-likeness (QED) is 0.772. The van der Waals surface area contributed by atoms with E-state index in [1.165, 1.54) is 0 Å². The van der Waals surface area contributed by atoms with Gasteiger partial charge in [-0.25, -0.2) is 0 Å². The molecule has 0 aromatic carbocycles. The summed E-state index contributed by atoms with van der Waals surface area (Å²) in [5, 5.41) is 8.93. The van der Waals surface area contributed by atoms with Crippen molar-refractivity contribution in [2.24, 2.45) is 7.05 Å². The highest BCUT2D eigenvalue weighted by Gasteiger charge is 2.24. The van der Waals surface area contributed by atoms with Crippen molar-refractivity contribution in [3.05, 3.63) is 11.9 Å². The summed E-state index contributed by atoms with van der Waals surface area (Å²) in [6.45, 7) is 4.87. The van der Waals surface area contributed by atoms with Crippen molar-refractivity contribution in [2.45, 2.75) is 25.7 Å². The van der Waals surface area contributed by atoms with Crippen LogP contribution in [0.2, 0.25) is 0 Å². The maximum atomic E-state index is 5.78. The van der Waals surface area contributed by atoms with Gasteiger partial charge in [0.2, 0.25) is 0 Å². The van der Waals surface area contributed by atoms with E-state index in [4.69, 9.17) is 4.74 Å². The molecule has 1 saturated heterocycles. The van der Waals surface area contributed by atoms with E-state index in [1.807, 2.05) is 13.2 Å². The van der Waals surface area contributed by atoms with Crippen molar-refractivity contribution in [1.29, 1.82) is 0 Å². The molecule has 0 aliphatic carbocycles. The molecule has 0 N–H and O–H groups in total. The summed E-state index contributed by atoms with van der Waals surface area (Å²) < 4.78 is 7.52. The van der Waals surface area contributed by atoms with Gasteiger partial charge < -0.3 is 4.74 Å². The molecule has 0 bridgehead atoms. The van der Waals surface area contributed by atoms with Crippen molar-refractivity contribution in [2.75, 3.05) is 18.4 Å². The van der Waals surface area contributed by atoms with Gasteiger partial charge in [0.05, 0.1) is 17.9 Å². The Bertz CT molecular complexity index is 343. The van der Waals surface area contributed by atoms with Crippen LogP contribution in [0.1, 0.15) is 12.6 Å². The van der Waals surface area contributed by atoms with Crippen molar-refractivity contribution >= 4 is 15.9 Å². The first kappa shape index (κ1) is 12.0. The molecule has 90 valence electrons. The normalized spacial score (nSPS) is 27.2. The molecule has 1 aliphatic rings. The number of hydrogen-bond acceptors (Lipinski definition) is 4. The van der Waals surface area contributed by atoms with Gasteiger partial charge in [0.25, 0.3) is 0 Å². The number of hydrogen-bond donors (Lipinski definition) is 0. The number of nitrogens with zero attached hydrogens (tertiary/aromatic N) is 4. The molecule has 1 fully saturated rings. The van der Waals surface area contributed by atoms with Gasteiger partial charge >= 0.3 is 0 Å². The zero-order chi connectivity index (χ0) is 11.5. The molecule has 2 heterocycles. The van der Waals surface area contributed by atoms with Gasteiger partial charge in [0.15, 0.2) is 0 Å². The molecule has 0 amide bonds. The molecule has 2 atom stereocenters.